The first-order valence-electron chi connectivity index (χ1n) is 5.36. The molecule has 0 unspecified atom stereocenters. The second kappa shape index (κ2) is 6.53. The topological polar surface area (TPSA) is 50.4 Å². The van der Waals surface area contributed by atoms with Crippen LogP contribution >= 0.6 is 15.9 Å². The van der Waals surface area contributed by atoms with E-state index in [-0.39, 0.29) is 0 Å². The Morgan fingerprint density at radius 2 is 2.12 bits per heavy atom. The molecule has 88 valence electrons. The number of rotatable bonds is 4. The third-order valence-electron chi connectivity index (χ3n) is 2.07. The number of nitrogens with zero attached hydrogens (tertiary/aromatic N) is 1. The zero-order chi connectivity index (χ0) is 12.0. The largest absolute Gasteiger partial charge is 0.370 e. The normalized spacial score (nSPS) is 11.9. The van der Waals surface area contributed by atoms with Crippen LogP contribution in [0, 0.1) is 5.92 Å². The van der Waals surface area contributed by atoms with Crippen molar-refractivity contribution in [1.82, 2.24) is 5.32 Å². The summed E-state index contributed by atoms with van der Waals surface area (Å²) in [5.41, 5.74) is 6.88. The molecule has 0 fully saturated rings. The smallest absolute Gasteiger partial charge is 0.188 e. The van der Waals surface area contributed by atoms with Crippen LogP contribution in [0.15, 0.2) is 33.7 Å². The van der Waals surface area contributed by atoms with Crippen LogP contribution < -0.4 is 11.1 Å². The first-order chi connectivity index (χ1) is 7.59. The van der Waals surface area contributed by atoms with E-state index in [1.807, 2.05) is 24.3 Å². The molecular formula is C12H18BrN3. The maximum absolute atomic E-state index is 5.74. The summed E-state index contributed by atoms with van der Waals surface area (Å²) in [4.78, 5) is 4.28. The van der Waals surface area contributed by atoms with Gasteiger partial charge in [-0.05, 0) is 17.5 Å². The highest BCUT2D eigenvalue weighted by atomic mass is 79.9. The highest BCUT2D eigenvalue weighted by Gasteiger charge is 1.98. The van der Waals surface area contributed by atoms with E-state index in [0.717, 1.165) is 16.6 Å². The predicted octanol–water partition coefficient (Wildman–Crippen LogP) is 2.51. The SMILES string of the molecule is CC(C)CNC(N)=NCc1ccccc1Br. The zero-order valence-corrected chi connectivity index (χ0v) is 11.3. The number of hydrogen-bond acceptors (Lipinski definition) is 1. The van der Waals surface area contributed by atoms with Crippen molar-refractivity contribution >= 4 is 21.9 Å². The molecule has 1 rings (SSSR count). The van der Waals surface area contributed by atoms with Crippen LogP contribution in [0.3, 0.4) is 0 Å². The average Bonchev–Trinajstić information content (AvgIpc) is 2.25. The van der Waals surface area contributed by atoms with Crippen LogP contribution in [0.4, 0.5) is 0 Å². The zero-order valence-electron chi connectivity index (χ0n) is 9.70. The molecule has 1 aromatic rings. The van der Waals surface area contributed by atoms with Gasteiger partial charge >= 0.3 is 0 Å². The first-order valence-corrected chi connectivity index (χ1v) is 6.16. The Bertz CT molecular complexity index is 361. The molecule has 0 saturated carbocycles. The minimum absolute atomic E-state index is 0.504. The van der Waals surface area contributed by atoms with Crippen molar-refractivity contribution in [3.05, 3.63) is 34.3 Å². The fourth-order valence-electron chi connectivity index (χ4n) is 1.16. The Morgan fingerprint density at radius 3 is 2.75 bits per heavy atom. The first kappa shape index (κ1) is 13.0. The van der Waals surface area contributed by atoms with E-state index >= 15 is 0 Å². The van der Waals surface area contributed by atoms with Crippen LogP contribution in [-0.2, 0) is 6.54 Å². The molecule has 4 heteroatoms. The number of halogens is 1. The molecule has 0 aromatic heterocycles. The second-order valence-electron chi connectivity index (χ2n) is 4.07. The molecule has 0 spiro atoms. The highest BCUT2D eigenvalue weighted by molar-refractivity contribution is 9.10. The van der Waals surface area contributed by atoms with Gasteiger partial charge in [-0.2, -0.15) is 0 Å². The molecule has 3 N–H and O–H groups in total. The van der Waals surface area contributed by atoms with E-state index in [4.69, 9.17) is 5.73 Å². The Balaban J connectivity index is 2.49. The Hall–Kier alpha value is -1.03. The molecule has 0 bridgehead atoms. The number of benzene rings is 1. The summed E-state index contributed by atoms with van der Waals surface area (Å²) in [6, 6.07) is 8.01. The third-order valence-corrected chi connectivity index (χ3v) is 2.84. The lowest BCUT2D eigenvalue weighted by Crippen LogP contribution is -2.34. The van der Waals surface area contributed by atoms with Gasteiger partial charge in [0, 0.05) is 11.0 Å². The number of hydrogen-bond donors (Lipinski definition) is 2. The van der Waals surface area contributed by atoms with Crippen molar-refractivity contribution in [2.24, 2.45) is 16.6 Å². The van der Waals surface area contributed by atoms with Gasteiger partial charge in [0.15, 0.2) is 5.96 Å². The van der Waals surface area contributed by atoms with Gasteiger partial charge in [0.2, 0.25) is 0 Å². The van der Waals surface area contributed by atoms with Gasteiger partial charge < -0.3 is 11.1 Å². The van der Waals surface area contributed by atoms with Crippen molar-refractivity contribution in [1.29, 1.82) is 0 Å². The van der Waals surface area contributed by atoms with E-state index in [9.17, 15) is 0 Å². The van der Waals surface area contributed by atoms with Gasteiger partial charge in [0.25, 0.3) is 0 Å². The van der Waals surface area contributed by atoms with Crippen molar-refractivity contribution < 1.29 is 0 Å². The molecule has 0 radical (unpaired) electrons. The van der Waals surface area contributed by atoms with Crippen LogP contribution in [0.25, 0.3) is 0 Å². The van der Waals surface area contributed by atoms with Gasteiger partial charge in [0.1, 0.15) is 0 Å². The van der Waals surface area contributed by atoms with E-state index in [1.165, 1.54) is 0 Å². The van der Waals surface area contributed by atoms with Crippen molar-refractivity contribution in [3.8, 4) is 0 Å². The van der Waals surface area contributed by atoms with Gasteiger partial charge in [-0.15, -0.1) is 0 Å². The molecule has 0 aliphatic rings. The number of nitrogens with one attached hydrogen (secondary N) is 1. The van der Waals surface area contributed by atoms with Crippen molar-refractivity contribution in [3.63, 3.8) is 0 Å². The number of guanidine groups is 1. The summed E-state index contributed by atoms with van der Waals surface area (Å²) >= 11 is 3.48. The molecule has 0 aliphatic heterocycles. The molecule has 0 heterocycles. The van der Waals surface area contributed by atoms with Gasteiger partial charge in [-0.1, -0.05) is 48.0 Å². The third kappa shape index (κ3) is 4.66. The fraction of sp³-hybridized carbons (Fsp3) is 0.417. The predicted molar refractivity (Wildman–Crippen MR) is 72.3 cm³/mol. The summed E-state index contributed by atoms with van der Waals surface area (Å²) in [5.74, 6) is 1.07. The Kier molecular flexibility index (Phi) is 5.32. The quantitative estimate of drug-likeness (QED) is 0.659. The van der Waals surface area contributed by atoms with Crippen LogP contribution in [0.2, 0.25) is 0 Å². The lowest BCUT2D eigenvalue weighted by Gasteiger charge is -2.08. The summed E-state index contributed by atoms with van der Waals surface area (Å²) in [7, 11) is 0. The summed E-state index contributed by atoms with van der Waals surface area (Å²) in [5, 5.41) is 3.08. The summed E-state index contributed by atoms with van der Waals surface area (Å²) in [6.07, 6.45) is 0. The molecule has 1 aromatic carbocycles. The molecule has 3 nitrogen and oxygen atoms in total. The lowest BCUT2D eigenvalue weighted by atomic mass is 10.2. The van der Waals surface area contributed by atoms with E-state index in [2.05, 4.69) is 40.1 Å². The molecule has 0 amide bonds. The molecule has 0 saturated heterocycles. The minimum Gasteiger partial charge on any atom is -0.370 e. The fourth-order valence-corrected chi connectivity index (χ4v) is 1.57. The number of aliphatic imine (C=N–C) groups is 1. The molecule has 16 heavy (non-hydrogen) atoms. The molecular weight excluding hydrogens is 266 g/mol. The maximum Gasteiger partial charge on any atom is 0.188 e. The van der Waals surface area contributed by atoms with Gasteiger partial charge in [-0.3, -0.25) is 0 Å². The summed E-state index contributed by atoms with van der Waals surface area (Å²) in [6.45, 7) is 5.71. The van der Waals surface area contributed by atoms with Crippen LogP contribution in [0.5, 0.6) is 0 Å². The van der Waals surface area contributed by atoms with Gasteiger partial charge in [-0.25, -0.2) is 4.99 Å². The van der Waals surface area contributed by atoms with Crippen LogP contribution in [0.1, 0.15) is 19.4 Å². The Labute approximate surface area is 105 Å². The highest BCUT2D eigenvalue weighted by Crippen LogP contribution is 2.16. The van der Waals surface area contributed by atoms with E-state index in [1.54, 1.807) is 0 Å². The van der Waals surface area contributed by atoms with Crippen molar-refractivity contribution in [2.45, 2.75) is 20.4 Å². The Morgan fingerprint density at radius 1 is 1.44 bits per heavy atom. The maximum atomic E-state index is 5.74. The standard InChI is InChI=1S/C12H18BrN3/c1-9(2)7-15-12(14)16-8-10-5-3-4-6-11(10)13/h3-6,9H,7-8H2,1-2H3,(H3,14,15,16). The molecule has 0 atom stereocenters. The van der Waals surface area contributed by atoms with E-state index in [0.29, 0.717) is 18.4 Å². The summed E-state index contributed by atoms with van der Waals surface area (Å²) < 4.78 is 1.07. The van der Waals surface area contributed by atoms with Crippen molar-refractivity contribution in [2.75, 3.05) is 6.54 Å². The molecule has 0 aliphatic carbocycles. The van der Waals surface area contributed by atoms with Crippen LogP contribution in [-0.4, -0.2) is 12.5 Å². The van der Waals surface area contributed by atoms with E-state index < -0.39 is 0 Å². The number of nitrogens with two attached hydrogens (primary N) is 1. The van der Waals surface area contributed by atoms with Gasteiger partial charge in [0.05, 0.1) is 6.54 Å². The average molecular weight is 284 g/mol. The monoisotopic (exact) mass is 283 g/mol. The second-order valence-corrected chi connectivity index (χ2v) is 4.92. The minimum atomic E-state index is 0.504. The lowest BCUT2D eigenvalue weighted by molar-refractivity contribution is 0.622.